The van der Waals surface area contributed by atoms with Crippen molar-refractivity contribution in [2.24, 2.45) is 0 Å². The van der Waals surface area contributed by atoms with Crippen molar-refractivity contribution in [2.45, 2.75) is 25.4 Å². The molecule has 160 valence electrons. The highest BCUT2D eigenvalue weighted by Crippen LogP contribution is 2.37. The molecule has 3 heterocycles. The summed E-state index contributed by atoms with van der Waals surface area (Å²) in [4.78, 5) is 32.0. The fourth-order valence-corrected chi connectivity index (χ4v) is 3.42. The van der Waals surface area contributed by atoms with Gasteiger partial charge in [-0.3, -0.25) is 4.79 Å². The van der Waals surface area contributed by atoms with Crippen molar-refractivity contribution < 1.29 is 23.8 Å². The van der Waals surface area contributed by atoms with E-state index in [-0.39, 0.29) is 17.7 Å². The summed E-state index contributed by atoms with van der Waals surface area (Å²) in [6, 6.07) is 8.54. The molecule has 0 saturated carbocycles. The van der Waals surface area contributed by atoms with E-state index in [1.807, 2.05) is 0 Å². The van der Waals surface area contributed by atoms with E-state index < -0.39 is 30.4 Å². The summed E-state index contributed by atoms with van der Waals surface area (Å²) >= 11 is 5.94. The number of hydrogen-bond acceptors (Lipinski definition) is 9. The van der Waals surface area contributed by atoms with Crippen LogP contribution in [0.4, 0.5) is 5.82 Å². The molecule has 1 saturated heterocycles. The highest BCUT2D eigenvalue weighted by molar-refractivity contribution is 6.28. The number of rotatable bonds is 5. The number of anilines is 1. The minimum absolute atomic E-state index is 0.0686. The average Bonchev–Trinajstić information content (AvgIpc) is 3.28. The maximum atomic E-state index is 12.3. The number of carbonyl (C=O) groups excluding carboxylic acids is 2. The normalized spacial score (nSPS) is 20.7. The Kier molecular flexibility index (Phi) is 5.57. The molecular weight excluding hydrogens is 426 g/mol. The first-order chi connectivity index (χ1) is 14.8. The van der Waals surface area contributed by atoms with Gasteiger partial charge in [-0.05, 0) is 29.3 Å². The minimum atomic E-state index is -0.917. The SMILES string of the molecule is C=C1[C@@H](OC(C)=O)[C@H](n2ncc3c(N)nc(Cl)nc32)O[C@@H]1COC(=O)c1ccccc1. The largest absolute Gasteiger partial charge is 0.459 e. The van der Waals surface area contributed by atoms with E-state index in [0.717, 1.165) is 0 Å². The van der Waals surface area contributed by atoms with Crippen LogP contribution in [-0.2, 0) is 19.0 Å². The molecule has 2 aromatic heterocycles. The Bertz CT molecular complexity index is 1170. The molecule has 0 radical (unpaired) electrons. The number of nitrogen functional groups attached to an aromatic ring is 1. The van der Waals surface area contributed by atoms with Crippen LogP contribution in [-0.4, -0.2) is 50.5 Å². The molecule has 1 fully saturated rings. The molecule has 3 atom stereocenters. The predicted octanol–water partition coefficient (Wildman–Crippen LogP) is 2.30. The lowest BCUT2D eigenvalue weighted by molar-refractivity contribution is -0.151. The van der Waals surface area contributed by atoms with Crippen molar-refractivity contribution in [3.05, 3.63) is 59.5 Å². The number of hydrogen-bond donors (Lipinski definition) is 1. The molecule has 1 aliphatic heterocycles. The molecule has 0 unspecified atom stereocenters. The van der Waals surface area contributed by atoms with Gasteiger partial charge in [-0.25, -0.2) is 14.5 Å². The Morgan fingerprint density at radius 2 is 2.03 bits per heavy atom. The van der Waals surface area contributed by atoms with E-state index in [1.54, 1.807) is 30.3 Å². The Labute approximate surface area is 181 Å². The van der Waals surface area contributed by atoms with Crippen molar-refractivity contribution >= 4 is 40.4 Å². The molecule has 11 heteroatoms. The quantitative estimate of drug-likeness (QED) is 0.358. The second-order valence-electron chi connectivity index (χ2n) is 6.79. The van der Waals surface area contributed by atoms with Gasteiger partial charge in [-0.15, -0.1) is 0 Å². The van der Waals surface area contributed by atoms with Crippen LogP contribution in [0, 0.1) is 0 Å². The molecule has 31 heavy (non-hydrogen) atoms. The van der Waals surface area contributed by atoms with Gasteiger partial charge >= 0.3 is 11.9 Å². The molecule has 4 rings (SSSR count). The molecule has 10 nitrogen and oxygen atoms in total. The molecule has 0 amide bonds. The van der Waals surface area contributed by atoms with Crippen LogP contribution >= 0.6 is 11.6 Å². The Morgan fingerprint density at radius 1 is 1.29 bits per heavy atom. The fourth-order valence-electron chi connectivity index (χ4n) is 3.25. The number of halogens is 1. The first-order valence-electron chi connectivity index (χ1n) is 9.25. The molecular formula is C20H18ClN5O5. The second-order valence-corrected chi connectivity index (χ2v) is 7.13. The van der Waals surface area contributed by atoms with Crippen LogP contribution in [0.5, 0.6) is 0 Å². The van der Waals surface area contributed by atoms with E-state index in [9.17, 15) is 9.59 Å². The molecule has 0 spiro atoms. The van der Waals surface area contributed by atoms with Gasteiger partial charge < -0.3 is 19.9 Å². The minimum Gasteiger partial charge on any atom is -0.459 e. The van der Waals surface area contributed by atoms with E-state index in [1.165, 1.54) is 17.8 Å². The Morgan fingerprint density at radius 3 is 2.74 bits per heavy atom. The lowest BCUT2D eigenvalue weighted by atomic mass is 10.1. The third-order valence-corrected chi connectivity index (χ3v) is 4.88. The number of benzene rings is 1. The second kappa shape index (κ2) is 8.32. The number of nitrogens with two attached hydrogens (primary N) is 1. The molecule has 3 aromatic rings. The number of carbonyl (C=O) groups is 2. The van der Waals surface area contributed by atoms with Crippen LogP contribution < -0.4 is 5.73 Å². The summed E-state index contributed by atoms with van der Waals surface area (Å²) in [7, 11) is 0. The van der Waals surface area contributed by atoms with Gasteiger partial charge in [0.25, 0.3) is 0 Å². The van der Waals surface area contributed by atoms with Crippen molar-refractivity contribution in [3.63, 3.8) is 0 Å². The van der Waals surface area contributed by atoms with Crippen LogP contribution in [0.1, 0.15) is 23.5 Å². The fraction of sp³-hybridized carbons (Fsp3) is 0.250. The summed E-state index contributed by atoms with van der Waals surface area (Å²) in [6.07, 6.45) is -1.09. The number of nitrogens with zero attached hydrogens (tertiary/aromatic N) is 4. The first-order valence-corrected chi connectivity index (χ1v) is 9.62. The van der Waals surface area contributed by atoms with Crippen molar-refractivity contribution in [3.8, 4) is 0 Å². The van der Waals surface area contributed by atoms with Crippen molar-refractivity contribution in [1.29, 1.82) is 0 Å². The summed E-state index contributed by atoms with van der Waals surface area (Å²) < 4.78 is 18.2. The number of aromatic nitrogens is 4. The van der Waals surface area contributed by atoms with E-state index in [4.69, 9.17) is 31.5 Å². The highest BCUT2D eigenvalue weighted by atomic mass is 35.5. The Hall–Kier alpha value is -3.50. The van der Waals surface area contributed by atoms with Gasteiger partial charge in [0, 0.05) is 6.92 Å². The average molecular weight is 444 g/mol. The smallest absolute Gasteiger partial charge is 0.338 e. The summed E-state index contributed by atoms with van der Waals surface area (Å²) in [5.74, 6) is -0.901. The van der Waals surface area contributed by atoms with Gasteiger partial charge in [-0.1, -0.05) is 24.8 Å². The van der Waals surface area contributed by atoms with E-state index in [2.05, 4.69) is 21.6 Å². The molecule has 0 bridgehead atoms. The molecule has 0 aliphatic carbocycles. The first kappa shape index (κ1) is 20.8. The number of ether oxygens (including phenoxy) is 3. The Balaban J connectivity index is 1.60. The van der Waals surface area contributed by atoms with Gasteiger partial charge in [0.2, 0.25) is 5.28 Å². The standard InChI is InChI=1S/C20H18ClN5O5/c1-10-14(9-29-19(28)12-6-4-3-5-7-12)31-18(15(10)30-11(2)27)26-17-13(8-23-26)16(22)24-20(21)25-17/h3-8,14-15,18H,1,9H2,2H3,(H2,22,24,25)/t14-,15-,18-/m1/s1. The maximum Gasteiger partial charge on any atom is 0.338 e. The van der Waals surface area contributed by atoms with Gasteiger partial charge in [0.15, 0.2) is 18.0 Å². The lowest BCUT2D eigenvalue weighted by Crippen LogP contribution is -2.26. The van der Waals surface area contributed by atoms with Gasteiger partial charge in [-0.2, -0.15) is 10.1 Å². The van der Waals surface area contributed by atoms with E-state index >= 15 is 0 Å². The lowest BCUT2D eigenvalue weighted by Gasteiger charge is -2.19. The molecule has 1 aromatic carbocycles. The maximum absolute atomic E-state index is 12.3. The van der Waals surface area contributed by atoms with Crippen LogP contribution in [0.2, 0.25) is 5.28 Å². The van der Waals surface area contributed by atoms with Crippen molar-refractivity contribution in [1.82, 2.24) is 19.7 Å². The summed E-state index contributed by atoms with van der Waals surface area (Å²) in [5, 5.41) is 4.65. The van der Waals surface area contributed by atoms with Crippen LogP contribution in [0.15, 0.2) is 48.7 Å². The topological polar surface area (TPSA) is 131 Å². The third-order valence-electron chi connectivity index (χ3n) is 4.71. The van der Waals surface area contributed by atoms with E-state index in [0.29, 0.717) is 22.2 Å². The number of fused-ring (bicyclic) bond motifs is 1. The van der Waals surface area contributed by atoms with Crippen LogP contribution in [0.3, 0.4) is 0 Å². The highest BCUT2D eigenvalue weighted by Gasteiger charge is 2.44. The van der Waals surface area contributed by atoms with Crippen LogP contribution in [0.25, 0.3) is 11.0 Å². The van der Waals surface area contributed by atoms with Crippen molar-refractivity contribution in [2.75, 3.05) is 12.3 Å². The zero-order valence-corrected chi connectivity index (χ0v) is 17.2. The van der Waals surface area contributed by atoms with Gasteiger partial charge in [0.1, 0.15) is 18.5 Å². The summed E-state index contributed by atoms with van der Waals surface area (Å²) in [5.41, 5.74) is 7.00. The zero-order valence-electron chi connectivity index (χ0n) is 16.4. The monoisotopic (exact) mass is 443 g/mol. The van der Waals surface area contributed by atoms with Gasteiger partial charge in [0.05, 0.1) is 17.1 Å². The summed E-state index contributed by atoms with van der Waals surface area (Å²) in [6.45, 7) is 5.12. The molecule has 1 aliphatic rings. The zero-order chi connectivity index (χ0) is 22.1. The number of esters is 2. The predicted molar refractivity (Wildman–Crippen MR) is 110 cm³/mol. The molecule has 2 N–H and O–H groups in total. The third kappa shape index (κ3) is 4.07.